The molecule has 0 aromatic heterocycles. The van der Waals surface area contributed by atoms with Gasteiger partial charge in [-0.2, -0.15) is 0 Å². The van der Waals surface area contributed by atoms with Crippen molar-refractivity contribution >= 4 is 29.9 Å². The van der Waals surface area contributed by atoms with Crippen molar-refractivity contribution in [1.82, 2.24) is 10.6 Å². The molecule has 1 aliphatic heterocycles. The van der Waals surface area contributed by atoms with Crippen molar-refractivity contribution in [3.05, 3.63) is 29.3 Å². The lowest BCUT2D eigenvalue weighted by molar-refractivity contribution is 0.105. The minimum Gasteiger partial charge on any atom is -0.496 e. The van der Waals surface area contributed by atoms with Crippen LogP contribution in [0.4, 0.5) is 0 Å². The van der Waals surface area contributed by atoms with Crippen LogP contribution < -0.4 is 15.4 Å². The molecule has 2 rings (SSSR count). The van der Waals surface area contributed by atoms with Gasteiger partial charge in [0.05, 0.1) is 13.2 Å². The summed E-state index contributed by atoms with van der Waals surface area (Å²) in [5.41, 5.74) is 2.47. The maximum atomic E-state index is 5.63. The number of hydrogen-bond donors (Lipinski definition) is 2. The van der Waals surface area contributed by atoms with Crippen molar-refractivity contribution in [3.8, 4) is 5.75 Å². The fraction of sp³-hybridized carbons (Fsp3) is 0.611. The molecule has 1 saturated heterocycles. The molecule has 0 saturated carbocycles. The molecule has 1 unspecified atom stereocenters. The highest BCUT2D eigenvalue weighted by Gasteiger charge is 2.14. The van der Waals surface area contributed by atoms with Crippen molar-refractivity contribution < 1.29 is 9.47 Å². The van der Waals surface area contributed by atoms with Gasteiger partial charge < -0.3 is 20.1 Å². The van der Waals surface area contributed by atoms with E-state index in [1.54, 1.807) is 14.2 Å². The number of methoxy groups -OCH3 is 1. The van der Waals surface area contributed by atoms with Crippen LogP contribution in [0, 0.1) is 6.92 Å². The Hall–Kier alpha value is -1.02. The van der Waals surface area contributed by atoms with E-state index < -0.39 is 0 Å². The van der Waals surface area contributed by atoms with Crippen molar-refractivity contribution in [1.29, 1.82) is 0 Å². The number of guanidine groups is 1. The lowest BCUT2D eigenvalue weighted by Crippen LogP contribution is -2.39. The van der Waals surface area contributed by atoms with Crippen LogP contribution in [-0.4, -0.2) is 45.9 Å². The van der Waals surface area contributed by atoms with Gasteiger partial charge in [-0.15, -0.1) is 24.0 Å². The van der Waals surface area contributed by atoms with E-state index in [2.05, 4.69) is 34.7 Å². The van der Waals surface area contributed by atoms with Crippen LogP contribution in [0.15, 0.2) is 23.2 Å². The second kappa shape index (κ2) is 11.5. The van der Waals surface area contributed by atoms with Gasteiger partial charge in [-0.3, -0.25) is 4.99 Å². The van der Waals surface area contributed by atoms with E-state index in [1.807, 2.05) is 6.07 Å². The zero-order valence-corrected chi connectivity index (χ0v) is 17.3. The fourth-order valence-corrected chi connectivity index (χ4v) is 2.86. The van der Waals surface area contributed by atoms with Gasteiger partial charge in [0.1, 0.15) is 5.75 Å². The smallest absolute Gasteiger partial charge is 0.190 e. The van der Waals surface area contributed by atoms with Crippen LogP contribution in [0.3, 0.4) is 0 Å². The van der Waals surface area contributed by atoms with Crippen molar-refractivity contribution in [3.63, 3.8) is 0 Å². The van der Waals surface area contributed by atoms with E-state index in [4.69, 9.17) is 9.47 Å². The standard InChI is InChI=1S/C18H29N3O2.HI/c1-14-6-7-17(22-3)15(13-14)8-10-20-18(19-2)21-11-9-16-5-4-12-23-16;/h6-7,13,16H,4-5,8-12H2,1-3H3,(H2,19,20,21);1H. The first-order valence-corrected chi connectivity index (χ1v) is 8.42. The van der Waals surface area contributed by atoms with Crippen LogP contribution in [0.1, 0.15) is 30.4 Å². The molecule has 6 heteroatoms. The van der Waals surface area contributed by atoms with Crippen LogP contribution in [0.2, 0.25) is 0 Å². The van der Waals surface area contributed by atoms with E-state index >= 15 is 0 Å². The van der Waals surface area contributed by atoms with Gasteiger partial charge >= 0.3 is 0 Å². The number of benzene rings is 1. The number of aliphatic imine (C=N–C) groups is 1. The van der Waals surface area contributed by atoms with Gasteiger partial charge in [-0.1, -0.05) is 17.7 Å². The highest BCUT2D eigenvalue weighted by atomic mass is 127. The average Bonchev–Trinajstić information content (AvgIpc) is 3.07. The minimum atomic E-state index is 0. The molecule has 1 heterocycles. The molecule has 24 heavy (non-hydrogen) atoms. The molecular formula is C18H30IN3O2. The molecule has 1 fully saturated rings. The third-order valence-electron chi connectivity index (χ3n) is 4.13. The van der Waals surface area contributed by atoms with Crippen molar-refractivity contribution in [2.75, 3.05) is 33.9 Å². The summed E-state index contributed by atoms with van der Waals surface area (Å²) in [5, 5.41) is 6.71. The number of hydrogen-bond acceptors (Lipinski definition) is 3. The molecule has 0 aliphatic carbocycles. The molecule has 0 radical (unpaired) electrons. The van der Waals surface area contributed by atoms with E-state index in [1.165, 1.54) is 24.0 Å². The fourth-order valence-electron chi connectivity index (χ4n) is 2.86. The Balaban J connectivity index is 0.00000288. The molecule has 1 aliphatic rings. The summed E-state index contributed by atoms with van der Waals surface area (Å²) in [7, 11) is 3.52. The first-order valence-electron chi connectivity index (χ1n) is 8.42. The van der Waals surface area contributed by atoms with E-state index in [0.717, 1.165) is 44.2 Å². The summed E-state index contributed by atoms with van der Waals surface area (Å²) in [6, 6.07) is 6.27. The summed E-state index contributed by atoms with van der Waals surface area (Å²) in [4.78, 5) is 4.27. The minimum absolute atomic E-state index is 0. The first-order chi connectivity index (χ1) is 11.2. The second-order valence-corrected chi connectivity index (χ2v) is 5.91. The number of rotatable bonds is 7. The quantitative estimate of drug-likeness (QED) is 0.384. The van der Waals surface area contributed by atoms with Gasteiger partial charge in [-0.25, -0.2) is 0 Å². The molecule has 0 amide bonds. The first kappa shape index (κ1) is 21.0. The van der Waals surface area contributed by atoms with Gasteiger partial charge in [-0.05, 0) is 44.2 Å². The Morgan fingerprint density at radius 1 is 1.33 bits per heavy atom. The summed E-state index contributed by atoms with van der Waals surface area (Å²) in [6.07, 6.45) is 4.72. The predicted molar refractivity (Wildman–Crippen MR) is 110 cm³/mol. The van der Waals surface area contributed by atoms with E-state index in [0.29, 0.717) is 6.10 Å². The maximum absolute atomic E-state index is 5.63. The highest BCUT2D eigenvalue weighted by molar-refractivity contribution is 14.0. The Kier molecular flexibility index (Phi) is 10.1. The van der Waals surface area contributed by atoms with Gasteiger partial charge in [0.15, 0.2) is 5.96 Å². The monoisotopic (exact) mass is 447 g/mol. The third-order valence-corrected chi connectivity index (χ3v) is 4.13. The molecule has 0 spiro atoms. The number of ether oxygens (including phenoxy) is 2. The molecule has 136 valence electrons. The number of nitrogens with zero attached hydrogens (tertiary/aromatic N) is 1. The van der Waals surface area contributed by atoms with Crippen LogP contribution in [-0.2, 0) is 11.2 Å². The molecule has 0 bridgehead atoms. The van der Waals surface area contributed by atoms with Crippen LogP contribution in [0.25, 0.3) is 0 Å². The topological polar surface area (TPSA) is 54.9 Å². The highest BCUT2D eigenvalue weighted by Crippen LogP contribution is 2.19. The summed E-state index contributed by atoms with van der Waals surface area (Å²) >= 11 is 0. The molecule has 1 aromatic rings. The Morgan fingerprint density at radius 2 is 2.12 bits per heavy atom. The van der Waals surface area contributed by atoms with Crippen LogP contribution in [0.5, 0.6) is 5.75 Å². The van der Waals surface area contributed by atoms with Gasteiger partial charge in [0.25, 0.3) is 0 Å². The molecule has 1 atom stereocenters. The number of aryl methyl sites for hydroxylation is 1. The zero-order valence-electron chi connectivity index (χ0n) is 14.9. The molecule has 5 nitrogen and oxygen atoms in total. The Labute approximate surface area is 162 Å². The van der Waals surface area contributed by atoms with E-state index in [9.17, 15) is 0 Å². The van der Waals surface area contributed by atoms with E-state index in [-0.39, 0.29) is 24.0 Å². The third kappa shape index (κ3) is 6.84. The lowest BCUT2D eigenvalue weighted by atomic mass is 10.1. The largest absolute Gasteiger partial charge is 0.496 e. The Morgan fingerprint density at radius 3 is 2.79 bits per heavy atom. The van der Waals surface area contributed by atoms with Crippen LogP contribution >= 0.6 is 24.0 Å². The molecule has 2 N–H and O–H groups in total. The summed E-state index contributed by atoms with van der Waals surface area (Å²) in [5.74, 6) is 1.79. The lowest BCUT2D eigenvalue weighted by Gasteiger charge is -2.15. The number of nitrogens with one attached hydrogen (secondary N) is 2. The molecule has 1 aromatic carbocycles. The van der Waals surface area contributed by atoms with Crippen molar-refractivity contribution in [2.24, 2.45) is 4.99 Å². The Bertz CT molecular complexity index is 517. The summed E-state index contributed by atoms with van der Waals surface area (Å²) < 4.78 is 11.0. The normalized spacial score (nSPS) is 17.3. The predicted octanol–water partition coefficient (Wildman–Crippen LogP) is 2.90. The SMILES string of the molecule is CN=C(NCCc1cc(C)ccc1OC)NCCC1CCCO1.I. The van der Waals surface area contributed by atoms with Crippen molar-refractivity contribution in [2.45, 2.75) is 38.7 Å². The number of halogens is 1. The second-order valence-electron chi connectivity index (χ2n) is 5.91. The zero-order chi connectivity index (χ0) is 16.5. The molecular weight excluding hydrogens is 417 g/mol. The summed E-state index contributed by atoms with van der Waals surface area (Å²) in [6.45, 7) is 4.72. The van der Waals surface area contributed by atoms with Gasteiger partial charge in [0.2, 0.25) is 0 Å². The van der Waals surface area contributed by atoms with Gasteiger partial charge in [0, 0.05) is 26.7 Å². The maximum Gasteiger partial charge on any atom is 0.190 e. The average molecular weight is 447 g/mol.